The normalized spacial score (nSPS) is 14.5. The van der Waals surface area contributed by atoms with Crippen molar-refractivity contribution in [1.82, 2.24) is 44.8 Å². The van der Waals surface area contributed by atoms with Crippen molar-refractivity contribution >= 4 is 23.9 Å². The number of carboxylic acids is 1. The summed E-state index contributed by atoms with van der Waals surface area (Å²) in [5.74, 6) is -1.88. The van der Waals surface area contributed by atoms with Crippen molar-refractivity contribution in [2.24, 2.45) is 5.73 Å². The van der Waals surface area contributed by atoms with Gasteiger partial charge in [-0.1, -0.05) is 16.5 Å². The second-order valence-corrected chi connectivity index (χ2v) is 10.5. The Morgan fingerprint density at radius 2 is 1.56 bits per heavy atom. The molecule has 3 aromatic rings. The molecule has 3 amide bonds. The number of carbonyl (C=O) groups is 4. The second kappa shape index (κ2) is 12.1. The Morgan fingerprint density at radius 1 is 0.951 bits per heavy atom. The Balaban J connectivity index is 1.49. The number of nitrogens with two attached hydrogens (primary N) is 1. The van der Waals surface area contributed by atoms with E-state index < -0.39 is 29.6 Å². The summed E-state index contributed by atoms with van der Waals surface area (Å²) in [5, 5.41) is 25.1. The zero-order valence-electron chi connectivity index (χ0n) is 23.0. The van der Waals surface area contributed by atoms with Crippen molar-refractivity contribution in [2.75, 3.05) is 26.2 Å². The highest BCUT2D eigenvalue weighted by Gasteiger charge is 2.32. The molecule has 1 atom stereocenters. The van der Waals surface area contributed by atoms with Gasteiger partial charge in [0.05, 0.1) is 23.8 Å². The van der Waals surface area contributed by atoms with E-state index in [9.17, 15) is 19.2 Å². The van der Waals surface area contributed by atoms with Gasteiger partial charge in [-0.3, -0.25) is 14.4 Å². The van der Waals surface area contributed by atoms with Crippen molar-refractivity contribution in [3.63, 3.8) is 0 Å². The molecule has 3 N–H and O–H groups in total. The fourth-order valence-electron chi connectivity index (χ4n) is 4.19. The quantitative estimate of drug-likeness (QED) is 0.365. The van der Waals surface area contributed by atoms with E-state index in [1.54, 1.807) is 55.0 Å². The molecule has 0 bridgehead atoms. The van der Waals surface area contributed by atoms with Gasteiger partial charge in [0.15, 0.2) is 0 Å². The van der Waals surface area contributed by atoms with E-state index in [0.717, 1.165) is 0 Å². The minimum absolute atomic E-state index is 0.0385. The summed E-state index contributed by atoms with van der Waals surface area (Å²) in [6, 6.07) is 4.28. The van der Waals surface area contributed by atoms with Gasteiger partial charge < -0.3 is 25.4 Å². The third kappa shape index (κ3) is 7.61. The number of piperazine rings is 1. The van der Waals surface area contributed by atoms with Gasteiger partial charge in [-0.2, -0.15) is 0 Å². The maximum absolute atomic E-state index is 13.6. The van der Waals surface area contributed by atoms with Gasteiger partial charge in [-0.15, -0.1) is 10.2 Å². The number of primary amides is 1. The number of pyridine rings is 1. The number of aromatic nitrogens is 7. The van der Waals surface area contributed by atoms with E-state index in [1.165, 1.54) is 15.6 Å². The number of hydrogen-bond donors (Lipinski definition) is 2. The molecule has 1 saturated heterocycles. The first-order chi connectivity index (χ1) is 19.4. The largest absolute Gasteiger partial charge is 0.480 e. The topological polar surface area (TPSA) is 205 Å². The molecule has 16 nitrogen and oxygen atoms in total. The number of aliphatic carboxylic acids is 1. The monoisotopic (exact) mass is 568 g/mol. The fraction of sp³-hybridized carbons (Fsp3) is 0.480. The van der Waals surface area contributed by atoms with E-state index in [2.05, 4.69) is 25.6 Å². The van der Waals surface area contributed by atoms with Crippen LogP contribution in [0.1, 0.15) is 39.7 Å². The first kappa shape index (κ1) is 29.1. The summed E-state index contributed by atoms with van der Waals surface area (Å²) in [6.07, 6.45) is 2.67. The first-order valence-electron chi connectivity index (χ1n) is 13.0. The summed E-state index contributed by atoms with van der Waals surface area (Å²) >= 11 is 0. The van der Waals surface area contributed by atoms with E-state index in [-0.39, 0.29) is 25.3 Å². The van der Waals surface area contributed by atoms with Crippen LogP contribution < -0.4 is 5.73 Å². The van der Waals surface area contributed by atoms with Gasteiger partial charge in [-0.25, -0.2) is 19.1 Å². The molecular weight excluding hydrogens is 536 g/mol. The summed E-state index contributed by atoms with van der Waals surface area (Å²) in [4.78, 5) is 56.2. The second-order valence-electron chi connectivity index (χ2n) is 10.5. The molecule has 0 radical (unpaired) electrons. The number of rotatable bonds is 9. The Labute approximate surface area is 235 Å². The minimum Gasteiger partial charge on any atom is -0.480 e. The van der Waals surface area contributed by atoms with Crippen molar-refractivity contribution in [1.29, 1.82) is 0 Å². The van der Waals surface area contributed by atoms with Crippen LogP contribution in [0.15, 0.2) is 30.6 Å². The number of carboxylic acid groups (broad SMARTS) is 1. The van der Waals surface area contributed by atoms with Crippen LogP contribution in [0, 0.1) is 0 Å². The average molecular weight is 569 g/mol. The van der Waals surface area contributed by atoms with Crippen LogP contribution in [0.3, 0.4) is 0 Å². The molecule has 218 valence electrons. The predicted octanol–water partition coefficient (Wildman–Crippen LogP) is 0.569. The van der Waals surface area contributed by atoms with Crippen LogP contribution >= 0.6 is 0 Å². The average Bonchev–Trinajstić information content (AvgIpc) is 3.58. The highest BCUT2D eigenvalue weighted by Crippen LogP contribution is 2.23. The predicted molar refractivity (Wildman–Crippen MR) is 142 cm³/mol. The number of hydrogen-bond acceptors (Lipinski definition) is 10. The maximum Gasteiger partial charge on any atom is 0.410 e. The highest BCUT2D eigenvalue weighted by molar-refractivity contribution is 5.82. The Bertz CT molecular complexity index is 1420. The van der Waals surface area contributed by atoms with Crippen molar-refractivity contribution in [2.45, 2.75) is 51.8 Å². The molecular formula is C25H32N10O6. The number of carbonyl (C=O) groups excluding carboxylic acids is 3. The molecule has 3 aromatic heterocycles. The van der Waals surface area contributed by atoms with Crippen LogP contribution in [0.25, 0.3) is 22.8 Å². The number of nitrogens with zero attached hydrogens (tertiary/aromatic N) is 9. The van der Waals surface area contributed by atoms with E-state index in [1.807, 2.05) is 0 Å². The molecule has 16 heteroatoms. The van der Waals surface area contributed by atoms with Crippen molar-refractivity contribution in [3.8, 4) is 22.8 Å². The Kier molecular flexibility index (Phi) is 8.59. The third-order valence-corrected chi connectivity index (χ3v) is 6.13. The standard InChI is InChI=1S/C25H32N10O6/c1-25(2,3)41-24(40)33-11-9-32(10-12-33)23(39)20(7-8-21(26)36)35-14-19(29-31-35)17-6-4-5-16(27-17)18-13-34(30-28-18)15-22(37)38/h4-6,13-14,20H,7-12,15H2,1-3H3,(H2,26,36)(H,37,38)/t20-/m0/s1. The van der Waals surface area contributed by atoms with Crippen molar-refractivity contribution < 1.29 is 29.0 Å². The summed E-state index contributed by atoms with van der Waals surface area (Å²) in [7, 11) is 0. The molecule has 4 rings (SSSR count). The van der Waals surface area contributed by atoms with E-state index in [0.29, 0.717) is 49.0 Å². The van der Waals surface area contributed by atoms with Gasteiger partial charge in [0.25, 0.3) is 0 Å². The Hall–Kier alpha value is -4.89. The summed E-state index contributed by atoms with van der Waals surface area (Å²) < 4.78 is 8.00. The lowest BCUT2D eigenvalue weighted by atomic mass is 10.1. The van der Waals surface area contributed by atoms with Crippen LogP contribution in [-0.2, 0) is 25.7 Å². The van der Waals surface area contributed by atoms with Gasteiger partial charge in [0, 0.05) is 32.6 Å². The van der Waals surface area contributed by atoms with Gasteiger partial charge in [0.1, 0.15) is 29.6 Å². The lowest BCUT2D eigenvalue weighted by molar-refractivity contribution is -0.138. The highest BCUT2D eigenvalue weighted by atomic mass is 16.6. The third-order valence-electron chi connectivity index (χ3n) is 6.13. The SMILES string of the molecule is CC(C)(C)OC(=O)N1CCN(C(=O)[C@H](CCC(N)=O)n2cc(-c3cccc(-c4cn(CC(=O)O)nn4)n3)nn2)CC1. The zero-order chi connectivity index (χ0) is 29.7. The number of ether oxygens (including phenoxy) is 1. The zero-order valence-corrected chi connectivity index (χ0v) is 23.0. The molecule has 0 aromatic carbocycles. The Morgan fingerprint density at radius 3 is 2.17 bits per heavy atom. The van der Waals surface area contributed by atoms with Crippen molar-refractivity contribution in [3.05, 3.63) is 30.6 Å². The lowest BCUT2D eigenvalue weighted by Gasteiger charge is -2.36. The molecule has 4 heterocycles. The molecule has 1 aliphatic heterocycles. The molecule has 0 unspecified atom stereocenters. The molecule has 0 spiro atoms. The van der Waals surface area contributed by atoms with Gasteiger partial charge in [-0.05, 0) is 39.3 Å². The van der Waals surface area contributed by atoms with Crippen LogP contribution in [-0.4, -0.2) is 106 Å². The van der Waals surface area contributed by atoms with E-state index in [4.69, 9.17) is 15.6 Å². The summed E-state index contributed by atoms with van der Waals surface area (Å²) in [6.45, 7) is 6.23. The molecule has 0 aliphatic carbocycles. The molecule has 0 saturated carbocycles. The lowest BCUT2D eigenvalue weighted by Crippen LogP contribution is -2.53. The first-order valence-corrected chi connectivity index (χ1v) is 13.0. The molecule has 41 heavy (non-hydrogen) atoms. The summed E-state index contributed by atoms with van der Waals surface area (Å²) in [5.41, 5.74) is 6.38. The molecule has 1 aliphatic rings. The molecule has 1 fully saturated rings. The van der Waals surface area contributed by atoms with Gasteiger partial charge >= 0.3 is 12.1 Å². The van der Waals surface area contributed by atoms with Crippen LogP contribution in [0.4, 0.5) is 4.79 Å². The maximum atomic E-state index is 13.6. The minimum atomic E-state index is -1.05. The van der Waals surface area contributed by atoms with Crippen LogP contribution in [0.2, 0.25) is 0 Å². The van der Waals surface area contributed by atoms with Crippen LogP contribution in [0.5, 0.6) is 0 Å². The fourth-order valence-corrected chi connectivity index (χ4v) is 4.19. The van der Waals surface area contributed by atoms with Gasteiger partial charge in [0.2, 0.25) is 11.8 Å². The number of amides is 3. The smallest absolute Gasteiger partial charge is 0.410 e. The van der Waals surface area contributed by atoms with E-state index >= 15 is 0 Å².